The Morgan fingerprint density at radius 1 is 0.730 bits per heavy atom. The molecule has 188 valence electrons. The van der Waals surface area contributed by atoms with Crippen LogP contribution in [0, 0.1) is 0 Å². The summed E-state index contributed by atoms with van der Waals surface area (Å²) in [7, 11) is 1.55. The highest BCUT2D eigenvalue weighted by atomic mass is 16.5. The third kappa shape index (κ3) is 4.82. The number of nitrogens with zero attached hydrogens (tertiary/aromatic N) is 3. The topological polar surface area (TPSA) is 87.2 Å². The van der Waals surface area contributed by atoms with Crippen molar-refractivity contribution < 1.29 is 23.9 Å². The maximum absolute atomic E-state index is 13.2. The lowest BCUT2D eigenvalue weighted by atomic mass is 10.0. The zero-order valence-corrected chi connectivity index (χ0v) is 20.6. The zero-order chi connectivity index (χ0) is 25.9. The van der Waals surface area contributed by atoms with Gasteiger partial charge >= 0.3 is 0 Å². The molecule has 2 heterocycles. The van der Waals surface area contributed by atoms with Gasteiger partial charge in [-0.05, 0) is 48.4 Å². The van der Waals surface area contributed by atoms with Gasteiger partial charge in [-0.1, -0.05) is 36.4 Å². The Morgan fingerprint density at radius 3 is 2.00 bits per heavy atom. The molecule has 0 bridgehead atoms. The first kappa shape index (κ1) is 24.2. The SMILES string of the molecule is COc1cccc(C(=O)N2CCN(C(=O)c3ccc4c(c3)C(=O)N(CCc3ccccc3)C4=O)CC2)c1. The smallest absolute Gasteiger partial charge is 0.261 e. The maximum Gasteiger partial charge on any atom is 0.261 e. The van der Waals surface area contributed by atoms with Gasteiger partial charge in [-0.2, -0.15) is 0 Å². The second-order valence-electron chi connectivity index (χ2n) is 9.07. The molecule has 0 aliphatic carbocycles. The fourth-order valence-corrected chi connectivity index (χ4v) is 4.75. The molecule has 2 aliphatic heterocycles. The van der Waals surface area contributed by atoms with Crippen LogP contribution in [0.2, 0.25) is 0 Å². The van der Waals surface area contributed by atoms with Crippen molar-refractivity contribution in [3.05, 3.63) is 101 Å². The van der Waals surface area contributed by atoms with E-state index in [9.17, 15) is 19.2 Å². The lowest BCUT2D eigenvalue weighted by molar-refractivity contribution is 0.0535. The van der Waals surface area contributed by atoms with Crippen LogP contribution in [-0.2, 0) is 6.42 Å². The van der Waals surface area contributed by atoms with Gasteiger partial charge in [0.25, 0.3) is 23.6 Å². The molecule has 1 saturated heterocycles. The van der Waals surface area contributed by atoms with Gasteiger partial charge in [-0.15, -0.1) is 0 Å². The summed E-state index contributed by atoms with van der Waals surface area (Å²) in [5.41, 5.74) is 2.52. The van der Waals surface area contributed by atoms with E-state index >= 15 is 0 Å². The molecule has 0 aromatic heterocycles. The number of amides is 4. The highest BCUT2D eigenvalue weighted by Crippen LogP contribution is 2.25. The van der Waals surface area contributed by atoms with Crippen molar-refractivity contribution in [2.45, 2.75) is 6.42 Å². The van der Waals surface area contributed by atoms with Crippen LogP contribution in [0.15, 0.2) is 72.8 Å². The van der Waals surface area contributed by atoms with E-state index in [2.05, 4.69) is 0 Å². The summed E-state index contributed by atoms with van der Waals surface area (Å²) in [6.45, 7) is 1.83. The summed E-state index contributed by atoms with van der Waals surface area (Å²) >= 11 is 0. The highest BCUT2D eigenvalue weighted by Gasteiger charge is 2.36. The minimum absolute atomic E-state index is 0.108. The van der Waals surface area contributed by atoms with Crippen molar-refractivity contribution in [3.63, 3.8) is 0 Å². The van der Waals surface area contributed by atoms with E-state index in [1.54, 1.807) is 53.3 Å². The second-order valence-corrected chi connectivity index (χ2v) is 9.07. The molecule has 37 heavy (non-hydrogen) atoms. The molecule has 0 saturated carbocycles. The Morgan fingerprint density at radius 2 is 1.35 bits per heavy atom. The Kier molecular flexibility index (Phi) is 6.72. The van der Waals surface area contributed by atoms with Crippen LogP contribution in [0.25, 0.3) is 0 Å². The van der Waals surface area contributed by atoms with Crippen LogP contribution in [0.3, 0.4) is 0 Å². The van der Waals surface area contributed by atoms with E-state index in [-0.39, 0.29) is 35.7 Å². The lowest BCUT2D eigenvalue weighted by Gasteiger charge is -2.35. The molecule has 1 fully saturated rings. The number of methoxy groups -OCH3 is 1. The number of carbonyl (C=O) groups excluding carboxylic acids is 4. The van der Waals surface area contributed by atoms with Crippen LogP contribution in [0.5, 0.6) is 5.75 Å². The number of benzene rings is 3. The van der Waals surface area contributed by atoms with E-state index in [4.69, 9.17) is 4.74 Å². The Labute approximate surface area is 215 Å². The summed E-state index contributed by atoms with van der Waals surface area (Å²) in [5.74, 6) is -0.427. The first-order chi connectivity index (χ1) is 18.0. The van der Waals surface area contributed by atoms with Crippen molar-refractivity contribution in [2.24, 2.45) is 0 Å². The van der Waals surface area contributed by atoms with Crippen molar-refractivity contribution in [3.8, 4) is 5.75 Å². The molecule has 5 rings (SSSR count). The standard InChI is InChI=1S/C29H27N3O5/c1-37-23-9-5-8-21(18-23)26(33)30-14-16-31(17-15-30)27(34)22-10-11-24-25(19-22)29(36)32(28(24)35)13-12-20-6-3-2-4-7-20/h2-11,18-19H,12-17H2,1H3. The summed E-state index contributed by atoms with van der Waals surface area (Å²) in [6, 6.07) is 21.4. The Hall–Kier alpha value is -4.46. The van der Waals surface area contributed by atoms with Crippen molar-refractivity contribution in [2.75, 3.05) is 39.8 Å². The molecule has 4 amide bonds. The average molecular weight is 498 g/mol. The van der Waals surface area contributed by atoms with Gasteiger partial charge < -0.3 is 14.5 Å². The van der Waals surface area contributed by atoms with Crippen LogP contribution in [0.4, 0.5) is 0 Å². The van der Waals surface area contributed by atoms with Gasteiger partial charge in [0.2, 0.25) is 0 Å². The third-order valence-corrected chi connectivity index (χ3v) is 6.86. The minimum atomic E-state index is -0.376. The fourth-order valence-electron chi connectivity index (χ4n) is 4.75. The molecule has 0 radical (unpaired) electrons. The lowest BCUT2D eigenvalue weighted by Crippen LogP contribution is -2.50. The molecule has 0 unspecified atom stereocenters. The summed E-state index contributed by atoms with van der Waals surface area (Å²) in [4.78, 5) is 56.6. The number of hydrogen-bond acceptors (Lipinski definition) is 5. The van der Waals surface area contributed by atoms with Crippen molar-refractivity contribution in [1.29, 1.82) is 0 Å². The molecule has 3 aromatic carbocycles. The molecule has 0 atom stereocenters. The average Bonchev–Trinajstić information content (AvgIpc) is 3.20. The number of ether oxygens (including phenoxy) is 1. The van der Waals surface area contributed by atoms with Gasteiger partial charge in [0.1, 0.15) is 5.75 Å². The first-order valence-corrected chi connectivity index (χ1v) is 12.2. The summed E-state index contributed by atoms with van der Waals surface area (Å²) < 4.78 is 5.20. The number of piperazine rings is 1. The van der Waals surface area contributed by atoms with Crippen LogP contribution >= 0.6 is 0 Å². The first-order valence-electron chi connectivity index (χ1n) is 12.2. The molecule has 8 heteroatoms. The number of rotatable bonds is 6. The summed E-state index contributed by atoms with van der Waals surface area (Å²) in [6.07, 6.45) is 0.566. The summed E-state index contributed by atoms with van der Waals surface area (Å²) in [5, 5.41) is 0. The molecule has 0 spiro atoms. The monoisotopic (exact) mass is 497 g/mol. The van der Waals surface area contributed by atoms with E-state index in [1.807, 2.05) is 30.3 Å². The predicted octanol–water partition coefficient (Wildman–Crippen LogP) is 3.13. The number of imide groups is 1. The van der Waals surface area contributed by atoms with Gasteiger partial charge in [-0.3, -0.25) is 24.1 Å². The Bertz CT molecular complexity index is 1360. The van der Waals surface area contributed by atoms with Gasteiger partial charge in [0.15, 0.2) is 0 Å². The molecule has 8 nitrogen and oxygen atoms in total. The highest BCUT2D eigenvalue weighted by molar-refractivity contribution is 6.22. The third-order valence-electron chi connectivity index (χ3n) is 6.86. The zero-order valence-electron chi connectivity index (χ0n) is 20.6. The molecule has 3 aromatic rings. The van der Waals surface area contributed by atoms with E-state index in [0.717, 1.165) is 5.56 Å². The largest absolute Gasteiger partial charge is 0.497 e. The minimum Gasteiger partial charge on any atom is -0.497 e. The van der Waals surface area contributed by atoms with Gasteiger partial charge in [0.05, 0.1) is 18.2 Å². The van der Waals surface area contributed by atoms with Gasteiger partial charge in [0, 0.05) is 43.9 Å². The van der Waals surface area contributed by atoms with E-state index in [0.29, 0.717) is 55.0 Å². The van der Waals surface area contributed by atoms with Crippen LogP contribution in [0.1, 0.15) is 47.0 Å². The van der Waals surface area contributed by atoms with Crippen LogP contribution in [-0.4, -0.2) is 78.2 Å². The Balaban J connectivity index is 1.22. The predicted molar refractivity (Wildman–Crippen MR) is 137 cm³/mol. The maximum atomic E-state index is 13.2. The van der Waals surface area contributed by atoms with Crippen LogP contribution < -0.4 is 4.74 Å². The molecule has 2 aliphatic rings. The molecular formula is C29H27N3O5. The normalized spacial score (nSPS) is 15.1. The van der Waals surface area contributed by atoms with Crippen molar-refractivity contribution >= 4 is 23.6 Å². The van der Waals surface area contributed by atoms with E-state index < -0.39 is 0 Å². The molecular weight excluding hydrogens is 470 g/mol. The number of carbonyl (C=O) groups is 4. The number of fused-ring (bicyclic) bond motifs is 1. The fraction of sp³-hybridized carbons (Fsp3) is 0.241. The number of hydrogen-bond donors (Lipinski definition) is 0. The quantitative estimate of drug-likeness (QED) is 0.489. The molecule has 0 N–H and O–H groups in total. The van der Waals surface area contributed by atoms with Gasteiger partial charge in [-0.25, -0.2) is 0 Å². The second kappa shape index (κ2) is 10.3. The van der Waals surface area contributed by atoms with Crippen molar-refractivity contribution in [1.82, 2.24) is 14.7 Å². The van der Waals surface area contributed by atoms with E-state index in [1.165, 1.54) is 11.0 Å².